The maximum absolute atomic E-state index is 13.3. The van der Waals surface area contributed by atoms with Gasteiger partial charge in [-0.1, -0.05) is 12.1 Å². The number of nitrogens with one attached hydrogen (secondary N) is 1. The Labute approximate surface area is 190 Å². The van der Waals surface area contributed by atoms with Crippen LogP contribution in [0, 0.1) is 11.3 Å². The number of ether oxygens (including phenoxy) is 2. The number of carbonyl (C=O) groups is 1. The minimum atomic E-state index is -0.193. The van der Waals surface area contributed by atoms with Crippen molar-refractivity contribution in [3.05, 3.63) is 41.7 Å². The second kappa shape index (κ2) is 9.92. The number of fused-ring (bicyclic) bond motifs is 3. The first-order valence-electron chi connectivity index (χ1n) is 12.1. The first-order chi connectivity index (χ1) is 15.5. The van der Waals surface area contributed by atoms with E-state index in [4.69, 9.17) is 15.2 Å². The average Bonchev–Trinajstić information content (AvgIpc) is 2.86. The monoisotopic (exact) mass is 444 g/mol. The molecule has 1 aliphatic heterocycles. The van der Waals surface area contributed by atoms with E-state index in [0.29, 0.717) is 17.8 Å². The van der Waals surface area contributed by atoms with Crippen LogP contribution in [0.4, 0.5) is 4.39 Å². The largest absolute Gasteiger partial charge is 0.489 e. The standard InChI is InChI=1S/C26H37FN2O3/c1-19(21-6-14-31-15-7-21)29-24(30)26-11-8-25(9-12-26,10-13-26)22-2-4-23(5-3-22)32-18-20(16-27)17-28/h2-5,16,19,21H,6-15,17-18,28H2,1H3,(H,29,30)/b20-16+/t19-,25?,26?/m0/s1. The Morgan fingerprint density at radius 1 is 1.19 bits per heavy atom. The van der Waals surface area contributed by atoms with E-state index in [0.717, 1.165) is 70.3 Å². The first kappa shape index (κ1) is 23.2. The number of benzene rings is 1. The zero-order valence-electron chi connectivity index (χ0n) is 19.2. The molecule has 3 N–H and O–H groups in total. The normalized spacial score (nSPS) is 29.5. The highest BCUT2D eigenvalue weighted by Gasteiger charge is 2.53. The summed E-state index contributed by atoms with van der Waals surface area (Å²) in [5, 5.41) is 3.38. The van der Waals surface area contributed by atoms with E-state index < -0.39 is 0 Å². The molecule has 5 nitrogen and oxygen atoms in total. The summed E-state index contributed by atoms with van der Waals surface area (Å²) in [7, 11) is 0. The summed E-state index contributed by atoms with van der Waals surface area (Å²) < 4.78 is 23.8. The second-order valence-electron chi connectivity index (χ2n) is 10.1. The Morgan fingerprint density at radius 2 is 1.81 bits per heavy atom. The van der Waals surface area contributed by atoms with Gasteiger partial charge in [0.05, 0.1) is 6.33 Å². The van der Waals surface area contributed by atoms with Gasteiger partial charge in [0.25, 0.3) is 0 Å². The van der Waals surface area contributed by atoms with Crippen molar-refractivity contribution >= 4 is 5.91 Å². The van der Waals surface area contributed by atoms with Gasteiger partial charge in [0.1, 0.15) is 12.4 Å². The van der Waals surface area contributed by atoms with Crippen molar-refractivity contribution in [3.8, 4) is 5.75 Å². The lowest BCUT2D eigenvalue weighted by Crippen LogP contribution is -2.54. The van der Waals surface area contributed by atoms with Crippen LogP contribution in [0.2, 0.25) is 0 Å². The maximum Gasteiger partial charge on any atom is 0.226 e. The van der Waals surface area contributed by atoms with Crippen LogP contribution in [-0.4, -0.2) is 38.3 Å². The molecule has 0 aromatic heterocycles. The molecule has 5 rings (SSSR count). The molecule has 4 fully saturated rings. The molecule has 176 valence electrons. The van der Waals surface area contributed by atoms with Crippen LogP contribution < -0.4 is 15.8 Å². The lowest BCUT2D eigenvalue weighted by molar-refractivity contribution is -0.139. The number of halogens is 1. The third-order valence-electron chi connectivity index (χ3n) is 8.37. The van der Waals surface area contributed by atoms with E-state index in [-0.39, 0.29) is 35.9 Å². The summed E-state index contributed by atoms with van der Waals surface area (Å²) in [5.41, 5.74) is 7.22. The van der Waals surface area contributed by atoms with Gasteiger partial charge < -0.3 is 20.5 Å². The summed E-state index contributed by atoms with van der Waals surface area (Å²) in [4.78, 5) is 13.3. The molecule has 4 aliphatic rings. The Balaban J connectivity index is 1.34. The summed E-state index contributed by atoms with van der Waals surface area (Å²) in [5.74, 6) is 1.52. The quantitative estimate of drug-likeness (QED) is 0.623. The molecule has 1 aromatic carbocycles. The molecule has 1 heterocycles. The summed E-state index contributed by atoms with van der Waals surface area (Å²) >= 11 is 0. The molecule has 2 bridgehead atoms. The molecule has 0 radical (unpaired) electrons. The predicted octanol–water partition coefficient (Wildman–Crippen LogP) is 4.40. The molecule has 3 aliphatic carbocycles. The molecule has 1 saturated heterocycles. The van der Waals surface area contributed by atoms with E-state index >= 15 is 0 Å². The predicted molar refractivity (Wildman–Crippen MR) is 123 cm³/mol. The number of amides is 1. The van der Waals surface area contributed by atoms with E-state index in [1.165, 1.54) is 5.56 Å². The van der Waals surface area contributed by atoms with Crippen LogP contribution in [0.25, 0.3) is 0 Å². The molecule has 3 saturated carbocycles. The van der Waals surface area contributed by atoms with Gasteiger partial charge in [0, 0.05) is 36.8 Å². The number of hydrogen-bond acceptors (Lipinski definition) is 4. The molecule has 1 atom stereocenters. The molecule has 0 spiro atoms. The molecule has 0 unspecified atom stereocenters. The Kier molecular flexibility index (Phi) is 7.21. The highest BCUT2D eigenvalue weighted by molar-refractivity contribution is 5.83. The molecule has 32 heavy (non-hydrogen) atoms. The average molecular weight is 445 g/mol. The van der Waals surface area contributed by atoms with Crippen LogP contribution >= 0.6 is 0 Å². The third kappa shape index (κ3) is 4.72. The summed E-state index contributed by atoms with van der Waals surface area (Å²) in [6, 6.07) is 8.43. The minimum absolute atomic E-state index is 0.154. The van der Waals surface area contributed by atoms with Crippen LogP contribution in [0.5, 0.6) is 5.75 Å². The van der Waals surface area contributed by atoms with E-state index in [2.05, 4.69) is 24.4 Å². The third-order valence-corrected chi connectivity index (χ3v) is 8.37. The smallest absolute Gasteiger partial charge is 0.226 e. The van der Waals surface area contributed by atoms with Crippen LogP contribution in [0.1, 0.15) is 63.9 Å². The van der Waals surface area contributed by atoms with Gasteiger partial charge in [-0.25, -0.2) is 4.39 Å². The van der Waals surface area contributed by atoms with Crippen molar-refractivity contribution in [1.29, 1.82) is 0 Å². The van der Waals surface area contributed by atoms with Crippen LogP contribution in [0.3, 0.4) is 0 Å². The van der Waals surface area contributed by atoms with E-state index in [1.54, 1.807) is 0 Å². The van der Waals surface area contributed by atoms with E-state index in [1.807, 2.05) is 12.1 Å². The Hall–Kier alpha value is -1.92. The SMILES string of the molecule is C[C@H](NC(=O)C12CCC(c3ccc(OC/C(=C/F)CN)cc3)(CC1)CC2)C1CCOCC1. The number of nitrogens with two attached hydrogens (primary N) is 1. The molecule has 1 aromatic rings. The van der Waals surface area contributed by atoms with Crippen molar-refractivity contribution in [3.63, 3.8) is 0 Å². The van der Waals surface area contributed by atoms with Gasteiger partial charge >= 0.3 is 0 Å². The van der Waals surface area contributed by atoms with Crippen molar-refractivity contribution in [1.82, 2.24) is 5.32 Å². The zero-order valence-corrected chi connectivity index (χ0v) is 19.2. The fraction of sp³-hybridized carbons (Fsp3) is 0.654. The summed E-state index contributed by atoms with van der Waals surface area (Å²) in [6.45, 7) is 4.10. The van der Waals surface area contributed by atoms with Gasteiger partial charge in [0.15, 0.2) is 0 Å². The highest BCUT2D eigenvalue weighted by Crippen LogP contribution is 2.58. The molecular formula is C26H37FN2O3. The minimum Gasteiger partial charge on any atom is -0.489 e. The summed E-state index contributed by atoms with van der Waals surface area (Å²) in [6.07, 6.45) is 8.61. The number of carbonyl (C=O) groups excluding carboxylic acids is 1. The number of hydrogen-bond donors (Lipinski definition) is 2. The highest BCUT2D eigenvalue weighted by atomic mass is 19.1. The van der Waals surface area contributed by atoms with Crippen molar-refractivity contribution in [2.45, 2.75) is 69.7 Å². The molecular weight excluding hydrogens is 407 g/mol. The van der Waals surface area contributed by atoms with Crippen molar-refractivity contribution in [2.75, 3.05) is 26.4 Å². The van der Waals surface area contributed by atoms with Crippen LogP contribution in [0.15, 0.2) is 36.2 Å². The van der Waals surface area contributed by atoms with Crippen molar-refractivity contribution < 1.29 is 18.7 Å². The fourth-order valence-corrected chi connectivity index (χ4v) is 5.87. The lowest BCUT2D eigenvalue weighted by Gasteiger charge is -2.53. The van der Waals surface area contributed by atoms with Gasteiger partial charge in [-0.05, 0) is 87.3 Å². The van der Waals surface area contributed by atoms with E-state index in [9.17, 15) is 9.18 Å². The molecule has 1 amide bonds. The maximum atomic E-state index is 13.3. The topological polar surface area (TPSA) is 73.6 Å². The number of rotatable bonds is 8. The Morgan fingerprint density at radius 3 is 2.38 bits per heavy atom. The van der Waals surface area contributed by atoms with Gasteiger partial charge in [-0.3, -0.25) is 4.79 Å². The second-order valence-corrected chi connectivity index (χ2v) is 10.1. The van der Waals surface area contributed by atoms with Crippen LogP contribution in [-0.2, 0) is 14.9 Å². The first-order valence-corrected chi connectivity index (χ1v) is 12.1. The Bertz CT molecular complexity index is 792. The van der Waals surface area contributed by atoms with Gasteiger partial charge in [-0.2, -0.15) is 0 Å². The fourth-order valence-electron chi connectivity index (χ4n) is 5.87. The van der Waals surface area contributed by atoms with Gasteiger partial charge in [0.2, 0.25) is 5.91 Å². The zero-order chi connectivity index (χ0) is 22.6. The lowest BCUT2D eigenvalue weighted by atomic mass is 9.51. The van der Waals surface area contributed by atoms with Crippen molar-refractivity contribution in [2.24, 2.45) is 17.1 Å². The van der Waals surface area contributed by atoms with Gasteiger partial charge in [-0.15, -0.1) is 0 Å². The molecule has 6 heteroatoms.